The summed E-state index contributed by atoms with van der Waals surface area (Å²) in [4.78, 5) is 33.4. The summed E-state index contributed by atoms with van der Waals surface area (Å²) in [5.74, 6) is 0.251. The van der Waals surface area contributed by atoms with Gasteiger partial charge in [0.2, 0.25) is 11.7 Å². The van der Waals surface area contributed by atoms with Crippen LogP contribution in [0.15, 0.2) is 53.5 Å². The first-order valence-corrected chi connectivity index (χ1v) is 9.15. The van der Waals surface area contributed by atoms with Crippen molar-refractivity contribution in [2.75, 3.05) is 5.32 Å². The van der Waals surface area contributed by atoms with E-state index in [0.29, 0.717) is 16.9 Å². The second-order valence-corrected chi connectivity index (χ2v) is 6.81. The Morgan fingerprint density at radius 1 is 1.17 bits per heavy atom. The van der Waals surface area contributed by atoms with Crippen LogP contribution in [0.1, 0.15) is 17.0 Å². The van der Waals surface area contributed by atoms with Crippen LogP contribution in [0, 0.1) is 25.2 Å². The molecule has 3 aromatic heterocycles. The van der Waals surface area contributed by atoms with Crippen LogP contribution in [-0.4, -0.2) is 30.1 Å². The summed E-state index contributed by atoms with van der Waals surface area (Å²) in [5.41, 5.74) is 2.78. The van der Waals surface area contributed by atoms with Crippen molar-refractivity contribution in [3.05, 3.63) is 76.0 Å². The number of carbonyl (C=O) groups excluding carboxylic acids is 1. The van der Waals surface area contributed by atoms with Gasteiger partial charge in [0.1, 0.15) is 18.3 Å². The number of aromatic nitrogens is 5. The second-order valence-electron chi connectivity index (χ2n) is 6.81. The third kappa shape index (κ3) is 3.66. The molecule has 0 atom stereocenters. The molecular formula is C21H17N7O2. The van der Waals surface area contributed by atoms with Crippen molar-refractivity contribution in [1.82, 2.24) is 24.1 Å². The molecule has 4 aromatic rings. The molecule has 9 nitrogen and oxygen atoms in total. The van der Waals surface area contributed by atoms with E-state index in [9.17, 15) is 9.59 Å². The first-order chi connectivity index (χ1) is 14.4. The average molecular weight is 399 g/mol. The van der Waals surface area contributed by atoms with Gasteiger partial charge in [-0.25, -0.2) is 4.98 Å². The molecular weight excluding hydrogens is 382 g/mol. The van der Waals surface area contributed by atoms with Crippen molar-refractivity contribution >= 4 is 17.4 Å². The predicted molar refractivity (Wildman–Crippen MR) is 110 cm³/mol. The van der Waals surface area contributed by atoms with E-state index >= 15 is 0 Å². The van der Waals surface area contributed by atoms with Gasteiger partial charge in [-0.05, 0) is 38.1 Å². The number of pyridine rings is 1. The number of hydrogen-bond donors (Lipinski definition) is 1. The van der Waals surface area contributed by atoms with Gasteiger partial charge < -0.3 is 9.88 Å². The van der Waals surface area contributed by atoms with Crippen molar-refractivity contribution in [3.8, 4) is 17.5 Å². The number of amides is 1. The number of fused-ring (bicyclic) bond motifs is 1. The first-order valence-electron chi connectivity index (χ1n) is 9.15. The van der Waals surface area contributed by atoms with Gasteiger partial charge in [0, 0.05) is 29.2 Å². The highest BCUT2D eigenvalue weighted by molar-refractivity contribution is 5.90. The van der Waals surface area contributed by atoms with Crippen LogP contribution < -0.4 is 10.9 Å². The topological polar surface area (TPSA) is 118 Å². The van der Waals surface area contributed by atoms with Crippen molar-refractivity contribution in [3.63, 3.8) is 0 Å². The third-order valence-electron chi connectivity index (χ3n) is 4.57. The van der Waals surface area contributed by atoms with E-state index in [1.165, 1.54) is 12.3 Å². The summed E-state index contributed by atoms with van der Waals surface area (Å²) in [5, 5.41) is 16.2. The van der Waals surface area contributed by atoms with Crippen molar-refractivity contribution in [2.24, 2.45) is 0 Å². The lowest BCUT2D eigenvalue weighted by Crippen LogP contribution is -2.25. The van der Waals surface area contributed by atoms with E-state index in [-0.39, 0.29) is 35.3 Å². The molecule has 1 N–H and O–H groups in total. The Bertz CT molecular complexity index is 1360. The molecule has 0 aliphatic carbocycles. The van der Waals surface area contributed by atoms with Gasteiger partial charge in [-0.2, -0.15) is 14.8 Å². The molecule has 0 fully saturated rings. The van der Waals surface area contributed by atoms with Gasteiger partial charge >= 0.3 is 0 Å². The molecule has 0 saturated heterocycles. The molecule has 0 bridgehead atoms. The highest BCUT2D eigenvalue weighted by Crippen LogP contribution is 2.17. The third-order valence-corrected chi connectivity index (χ3v) is 4.57. The Hall–Kier alpha value is -4.32. The maximum Gasteiger partial charge on any atom is 0.275 e. The number of aryl methyl sites for hydroxylation is 2. The maximum absolute atomic E-state index is 12.6. The Morgan fingerprint density at radius 3 is 2.67 bits per heavy atom. The minimum Gasteiger partial charge on any atom is -0.325 e. The molecule has 0 radical (unpaired) electrons. The van der Waals surface area contributed by atoms with Gasteiger partial charge in [-0.15, -0.1) is 5.10 Å². The lowest BCUT2D eigenvalue weighted by Gasteiger charge is -2.11. The summed E-state index contributed by atoms with van der Waals surface area (Å²) < 4.78 is 2.77. The van der Waals surface area contributed by atoms with Gasteiger partial charge in [-0.1, -0.05) is 17.7 Å². The standard InChI is InChI=1S/C21H17N7O2/c1-13-3-5-16(6-4-13)24-18(29)12-27-14(2)9-19(30)28-21(27)25-20(26-28)15-7-8-23-17(10-15)11-22/h3-10H,12H2,1-2H3,(H,24,29). The van der Waals surface area contributed by atoms with Crippen LogP contribution in [0.3, 0.4) is 0 Å². The molecule has 0 unspecified atom stereocenters. The van der Waals surface area contributed by atoms with Gasteiger partial charge in [0.05, 0.1) is 0 Å². The van der Waals surface area contributed by atoms with E-state index in [4.69, 9.17) is 5.26 Å². The predicted octanol–water partition coefficient (Wildman–Crippen LogP) is 2.08. The molecule has 9 heteroatoms. The van der Waals surface area contributed by atoms with E-state index in [0.717, 1.165) is 10.1 Å². The number of hydrogen-bond acceptors (Lipinski definition) is 6. The molecule has 148 valence electrons. The maximum atomic E-state index is 12.6. The summed E-state index contributed by atoms with van der Waals surface area (Å²) in [7, 11) is 0. The Morgan fingerprint density at radius 2 is 1.93 bits per heavy atom. The van der Waals surface area contributed by atoms with E-state index < -0.39 is 0 Å². The summed E-state index contributed by atoms with van der Waals surface area (Å²) in [6, 6.07) is 14.0. The highest BCUT2D eigenvalue weighted by Gasteiger charge is 2.16. The number of carbonyl (C=O) groups is 1. The molecule has 1 amide bonds. The van der Waals surface area contributed by atoms with E-state index in [1.54, 1.807) is 23.6 Å². The summed E-state index contributed by atoms with van der Waals surface area (Å²) >= 11 is 0. The number of benzene rings is 1. The monoisotopic (exact) mass is 399 g/mol. The van der Waals surface area contributed by atoms with Gasteiger partial charge in [-0.3, -0.25) is 9.59 Å². The Labute approximate surface area is 171 Å². The minimum atomic E-state index is -0.356. The van der Waals surface area contributed by atoms with Crippen LogP contribution in [0.2, 0.25) is 0 Å². The van der Waals surface area contributed by atoms with Crippen LogP contribution in [0.25, 0.3) is 17.2 Å². The molecule has 1 aromatic carbocycles. The lowest BCUT2D eigenvalue weighted by atomic mass is 10.2. The normalized spacial score (nSPS) is 10.7. The first kappa shape index (κ1) is 19.0. The zero-order chi connectivity index (χ0) is 21.3. The van der Waals surface area contributed by atoms with Crippen molar-refractivity contribution in [1.29, 1.82) is 5.26 Å². The molecule has 0 aliphatic heterocycles. The Kier molecular flexibility index (Phi) is 4.82. The lowest BCUT2D eigenvalue weighted by molar-refractivity contribution is -0.116. The number of rotatable bonds is 4. The van der Waals surface area contributed by atoms with E-state index in [2.05, 4.69) is 20.4 Å². The quantitative estimate of drug-likeness (QED) is 0.561. The number of nitrogens with one attached hydrogen (secondary N) is 1. The van der Waals surface area contributed by atoms with Crippen molar-refractivity contribution < 1.29 is 4.79 Å². The van der Waals surface area contributed by atoms with E-state index in [1.807, 2.05) is 37.3 Å². The average Bonchev–Trinajstić information content (AvgIpc) is 3.19. The summed E-state index contributed by atoms with van der Waals surface area (Å²) in [6.07, 6.45) is 1.48. The molecule has 0 spiro atoms. The van der Waals surface area contributed by atoms with Crippen LogP contribution in [0.4, 0.5) is 5.69 Å². The molecule has 4 rings (SSSR count). The zero-order valence-corrected chi connectivity index (χ0v) is 16.3. The number of nitrogens with zero attached hydrogens (tertiary/aromatic N) is 6. The van der Waals surface area contributed by atoms with Gasteiger partial charge in [0.25, 0.3) is 5.56 Å². The van der Waals surface area contributed by atoms with Crippen LogP contribution in [-0.2, 0) is 11.3 Å². The number of nitriles is 1. The smallest absolute Gasteiger partial charge is 0.275 e. The number of anilines is 1. The molecule has 3 heterocycles. The fourth-order valence-electron chi connectivity index (χ4n) is 3.03. The molecule has 30 heavy (non-hydrogen) atoms. The van der Waals surface area contributed by atoms with Gasteiger partial charge in [0.15, 0.2) is 5.82 Å². The van der Waals surface area contributed by atoms with Crippen LogP contribution in [0.5, 0.6) is 0 Å². The second kappa shape index (κ2) is 7.60. The fraction of sp³-hybridized carbons (Fsp3) is 0.143. The fourth-order valence-corrected chi connectivity index (χ4v) is 3.03. The molecule has 0 aliphatic rings. The Balaban J connectivity index is 1.71. The molecule has 0 saturated carbocycles. The SMILES string of the molecule is Cc1ccc(NC(=O)Cn2c(C)cc(=O)n3nc(-c4ccnc(C#N)c4)nc23)cc1. The largest absolute Gasteiger partial charge is 0.325 e. The zero-order valence-electron chi connectivity index (χ0n) is 16.3. The minimum absolute atomic E-state index is 0.0403. The van der Waals surface area contributed by atoms with Crippen LogP contribution >= 0.6 is 0 Å². The highest BCUT2D eigenvalue weighted by atomic mass is 16.2. The summed E-state index contributed by atoms with van der Waals surface area (Å²) in [6.45, 7) is 3.66. The van der Waals surface area contributed by atoms with Crippen molar-refractivity contribution in [2.45, 2.75) is 20.4 Å².